The number of nitrogens with one attached hydrogen (secondary N) is 3. The molecule has 0 radical (unpaired) electrons. The maximum absolute atomic E-state index is 12.9. The molecule has 0 saturated heterocycles. The number of hydrogen-bond acceptors (Lipinski definition) is 10. The van der Waals surface area contributed by atoms with Gasteiger partial charge in [0.1, 0.15) is 0 Å². The van der Waals surface area contributed by atoms with E-state index in [9.17, 15) is 9.90 Å². The van der Waals surface area contributed by atoms with Gasteiger partial charge in [-0.2, -0.15) is 15.2 Å². The molecule has 4 heterocycles. The molecule has 1 aliphatic carbocycles. The van der Waals surface area contributed by atoms with E-state index >= 15 is 0 Å². The molecule has 4 aromatic heterocycles. The highest BCUT2D eigenvalue weighted by Gasteiger charge is 2.22. The van der Waals surface area contributed by atoms with Crippen LogP contribution in [0.25, 0.3) is 11.0 Å². The molecule has 0 atom stereocenters. The van der Waals surface area contributed by atoms with Crippen molar-refractivity contribution in [2.75, 3.05) is 36.9 Å². The van der Waals surface area contributed by atoms with Gasteiger partial charge in [0, 0.05) is 58.4 Å². The van der Waals surface area contributed by atoms with Crippen molar-refractivity contribution in [3.05, 3.63) is 42.1 Å². The molecule has 206 valence electrons. The van der Waals surface area contributed by atoms with Crippen LogP contribution in [-0.2, 0) is 14.1 Å². The summed E-state index contributed by atoms with van der Waals surface area (Å²) >= 11 is 0. The summed E-state index contributed by atoms with van der Waals surface area (Å²) in [4.78, 5) is 28.7. The van der Waals surface area contributed by atoms with Crippen molar-refractivity contribution in [2.45, 2.75) is 38.6 Å². The van der Waals surface area contributed by atoms with Gasteiger partial charge < -0.3 is 21.1 Å². The number of aliphatic hydroxyl groups excluding tert-OH is 1. The van der Waals surface area contributed by atoms with Gasteiger partial charge in [-0.05, 0) is 25.8 Å². The van der Waals surface area contributed by atoms with Crippen LogP contribution in [0.1, 0.15) is 41.7 Å². The average Bonchev–Trinajstić information content (AvgIpc) is 3.66. The van der Waals surface area contributed by atoms with Crippen LogP contribution in [-0.4, -0.2) is 82.7 Å². The van der Waals surface area contributed by atoms with Crippen LogP contribution in [0.4, 0.5) is 23.1 Å². The summed E-state index contributed by atoms with van der Waals surface area (Å²) in [6.45, 7) is 3.83. The van der Waals surface area contributed by atoms with Crippen molar-refractivity contribution in [1.29, 1.82) is 0 Å². The minimum Gasteiger partial charge on any atom is -0.395 e. The molecule has 0 unspecified atom stereocenters. The van der Waals surface area contributed by atoms with E-state index in [0.717, 1.165) is 29.6 Å². The molecule has 0 aliphatic heterocycles. The first-order valence-electron chi connectivity index (χ1n) is 13.2. The van der Waals surface area contributed by atoms with Gasteiger partial charge in [-0.1, -0.05) is 12.8 Å². The lowest BCUT2D eigenvalue weighted by Gasteiger charge is -2.28. The minimum absolute atomic E-state index is 0.122. The predicted octanol–water partition coefficient (Wildman–Crippen LogP) is 2.25. The molecule has 4 N–H and O–H groups in total. The van der Waals surface area contributed by atoms with Gasteiger partial charge >= 0.3 is 0 Å². The van der Waals surface area contributed by atoms with Crippen LogP contribution < -0.4 is 16.0 Å². The Bertz CT molecular complexity index is 1440. The van der Waals surface area contributed by atoms with Gasteiger partial charge in [-0.3, -0.25) is 19.4 Å². The zero-order valence-corrected chi connectivity index (χ0v) is 22.6. The molecule has 13 heteroatoms. The third-order valence-electron chi connectivity index (χ3n) is 7.06. The summed E-state index contributed by atoms with van der Waals surface area (Å²) in [6, 6.07) is 2.27. The topological polar surface area (TPSA) is 151 Å². The molecule has 1 amide bonds. The molecule has 0 spiro atoms. The molecule has 1 fully saturated rings. The maximum atomic E-state index is 12.9. The van der Waals surface area contributed by atoms with Crippen LogP contribution >= 0.6 is 0 Å². The van der Waals surface area contributed by atoms with Crippen molar-refractivity contribution in [2.24, 2.45) is 14.1 Å². The van der Waals surface area contributed by atoms with Gasteiger partial charge in [0.15, 0.2) is 11.5 Å². The lowest BCUT2D eigenvalue weighted by molar-refractivity contribution is 0.0939. The minimum atomic E-state index is -0.193. The lowest BCUT2D eigenvalue weighted by atomic mass is 10.2. The first kappa shape index (κ1) is 26.5. The van der Waals surface area contributed by atoms with E-state index in [4.69, 9.17) is 0 Å². The SMILES string of the molecule is Cc1ncc(C(=O)NCCN(CCO)C2CCCC2)cc1Nc1nn(C)c2nc(Nc3cnn(C)c3)ncc12. The molecule has 1 saturated carbocycles. The quantitative estimate of drug-likeness (QED) is 0.226. The van der Waals surface area contributed by atoms with Gasteiger partial charge in [0.25, 0.3) is 5.91 Å². The fraction of sp³-hybridized carbons (Fsp3) is 0.462. The zero-order valence-electron chi connectivity index (χ0n) is 22.6. The molecule has 5 rings (SSSR count). The molecule has 4 aromatic rings. The van der Waals surface area contributed by atoms with E-state index in [-0.39, 0.29) is 12.5 Å². The number of anilines is 4. The summed E-state index contributed by atoms with van der Waals surface area (Å²) in [7, 11) is 3.66. The molecule has 1 aliphatic rings. The normalized spacial score (nSPS) is 13.9. The van der Waals surface area contributed by atoms with E-state index in [2.05, 4.69) is 46.0 Å². The third-order valence-corrected chi connectivity index (χ3v) is 7.06. The zero-order chi connectivity index (χ0) is 27.4. The number of aryl methyl sites for hydroxylation is 3. The van der Waals surface area contributed by atoms with Crippen LogP contribution in [0.5, 0.6) is 0 Å². The number of pyridine rings is 1. The number of carbonyl (C=O) groups is 1. The van der Waals surface area contributed by atoms with Crippen molar-refractivity contribution in [3.8, 4) is 0 Å². The second-order valence-corrected chi connectivity index (χ2v) is 9.87. The monoisotopic (exact) mass is 533 g/mol. The van der Waals surface area contributed by atoms with Crippen molar-refractivity contribution >= 4 is 40.1 Å². The third kappa shape index (κ3) is 6.15. The predicted molar refractivity (Wildman–Crippen MR) is 148 cm³/mol. The Morgan fingerprint density at radius 1 is 1.13 bits per heavy atom. The molecule has 13 nitrogen and oxygen atoms in total. The molecule has 39 heavy (non-hydrogen) atoms. The van der Waals surface area contributed by atoms with Crippen LogP contribution in [0.15, 0.2) is 30.9 Å². The number of amides is 1. The highest BCUT2D eigenvalue weighted by atomic mass is 16.3. The van der Waals surface area contributed by atoms with E-state index in [1.54, 1.807) is 34.0 Å². The van der Waals surface area contributed by atoms with Crippen LogP contribution in [0, 0.1) is 6.92 Å². The van der Waals surface area contributed by atoms with Gasteiger partial charge in [-0.25, -0.2) is 9.67 Å². The number of fused-ring (bicyclic) bond motifs is 1. The number of aromatic nitrogens is 7. The highest BCUT2D eigenvalue weighted by Crippen LogP contribution is 2.27. The molecule has 0 aromatic carbocycles. The Labute approximate surface area is 226 Å². The smallest absolute Gasteiger partial charge is 0.252 e. The highest BCUT2D eigenvalue weighted by molar-refractivity contribution is 5.96. The Hall–Kier alpha value is -4.10. The van der Waals surface area contributed by atoms with Gasteiger partial charge in [0.2, 0.25) is 5.95 Å². The standard InChI is InChI=1S/C26H35N11O2/c1-17-22(12-18(13-28-17)25(39)27-8-9-37(10-11-38)20-6-4-5-7-20)32-23-21-15-29-26(33-24(21)36(3)34-23)31-19-14-30-35(2)16-19/h12-16,20,38H,4-11H2,1-3H3,(H,27,39)(H,32,34)(H,29,31,33). The van der Waals surface area contributed by atoms with E-state index < -0.39 is 0 Å². The lowest BCUT2D eigenvalue weighted by Crippen LogP contribution is -2.41. The van der Waals surface area contributed by atoms with Gasteiger partial charge in [0.05, 0.1) is 40.8 Å². The van der Waals surface area contributed by atoms with E-state index in [1.807, 2.05) is 27.2 Å². The fourth-order valence-corrected chi connectivity index (χ4v) is 5.01. The Balaban J connectivity index is 1.26. The fourth-order valence-electron chi connectivity index (χ4n) is 5.01. The number of nitrogens with zero attached hydrogens (tertiary/aromatic N) is 8. The van der Waals surface area contributed by atoms with Gasteiger partial charge in [-0.15, -0.1) is 0 Å². The van der Waals surface area contributed by atoms with Crippen LogP contribution in [0.2, 0.25) is 0 Å². The Morgan fingerprint density at radius 2 is 1.95 bits per heavy atom. The first-order chi connectivity index (χ1) is 18.9. The average molecular weight is 534 g/mol. The molecular formula is C26H35N11O2. The summed E-state index contributed by atoms with van der Waals surface area (Å²) in [5, 5.41) is 28.3. The van der Waals surface area contributed by atoms with E-state index in [0.29, 0.717) is 54.3 Å². The van der Waals surface area contributed by atoms with Crippen molar-refractivity contribution < 1.29 is 9.90 Å². The first-order valence-corrected chi connectivity index (χ1v) is 13.2. The summed E-state index contributed by atoms with van der Waals surface area (Å²) in [5.41, 5.74) is 3.29. The molecule has 0 bridgehead atoms. The number of aliphatic hydroxyl groups is 1. The Kier molecular flexibility index (Phi) is 7.98. The van der Waals surface area contributed by atoms with Crippen molar-refractivity contribution in [3.63, 3.8) is 0 Å². The second-order valence-electron chi connectivity index (χ2n) is 9.87. The summed E-state index contributed by atoms with van der Waals surface area (Å²) < 4.78 is 3.37. The van der Waals surface area contributed by atoms with Crippen molar-refractivity contribution in [1.82, 2.24) is 44.7 Å². The Morgan fingerprint density at radius 3 is 2.69 bits per heavy atom. The maximum Gasteiger partial charge on any atom is 0.252 e. The number of rotatable bonds is 11. The number of carbonyl (C=O) groups excluding carboxylic acids is 1. The molecular weight excluding hydrogens is 498 g/mol. The van der Waals surface area contributed by atoms with E-state index in [1.165, 1.54) is 12.8 Å². The van der Waals surface area contributed by atoms with Crippen LogP contribution in [0.3, 0.4) is 0 Å². The number of hydrogen-bond donors (Lipinski definition) is 4. The summed E-state index contributed by atoms with van der Waals surface area (Å²) in [5.74, 6) is 0.812. The largest absolute Gasteiger partial charge is 0.395 e. The second kappa shape index (κ2) is 11.7. The summed E-state index contributed by atoms with van der Waals surface area (Å²) in [6.07, 6.45) is 11.6.